The first-order valence-electron chi connectivity index (χ1n) is 9.13. The Balaban J connectivity index is 0.000000599. The van der Waals surface area contributed by atoms with Gasteiger partial charge in [0, 0.05) is 31.9 Å². The van der Waals surface area contributed by atoms with Gasteiger partial charge >= 0.3 is 0 Å². The second kappa shape index (κ2) is 13.7. The van der Waals surface area contributed by atoms with E-state index in [9.17, 15) is 34.8 Å². The van der Waals surface area contributed by atoms with Crippen molar-refractivity contribution in [1.82, 2.24) is 19.7 Å². The van der Waals surface area contributed by atoms with Crippen molar-refractivity contribution < 1.29 is 43.6 Å². The first-order valence-corrected chi connectivity index (χ1v) is 14.7. The SMILES string of the molecule is CS(=O)(=O)O.CS(=O)(=O)O.CS(=O)(=O)O.O=c1cc[nH]c2c1c(=O)[nH]n2CCN1CCOCC1. The molecule has 16 nitrogen and oxygen atoms in total. The molecule has 0 unspecified atom stereocenters. The number of hydrogen-bond acceptors (Lipinski definition) is 10. The third kappa shape index (κ3) is 18.3. The lowest BCUT2D eigenvalue weighted by atomic mass is 10.3. The highest BCUT2D eigenvalue weighted by Crippen LogP contribution is 2.02. The van der Waals surface area contributed by atoms with Crippen LogP contribution in [0.1, 0.15) is 0 Å². The standard InChI is InChI=1S/C12H16N4O3.3CH4O3S/c17-9-1-2-13-11-10(9)12(18)14-16(11)4-3-15-5-7-19-8-6-15;3*1-5(2,3)4/h1-2H,3-8H2,(H,13,17)(H,14,18);3*1H3,(H,2,3,4). The van der Waals surface area contributed by atoms with Gasteiger partial charge in [-0.2, -0.15) is 25.3 Å². The van der Waals surface area contributed by atoms with Crippen molar-refractivity contribution in [3.8, 4) is 0 Å². The van der Waals surface area contributed by atoms with Crippen LogP contribution in [0.15, 0.2) is 21.9 Å². The van der Waals surface area contributed by atoms with Crippen LogP contribution >= 0.6 is 0 Å². The van der Waals surface area contributed by atoms with E-state index in [0.29, 0.717) is 31.0 Å². The third-order valence-corrected chi connectivity index (χ3v) is 3.41. The molecule has 0 atom stereocenters. The predicted octanol–water partition coefficient (Wildman–Crippen LogP) is -2.14. The zero-order valence-electron chi connectivity index (χ0n) is 18.5. The van der Waals surface area contributed by atoms with E-state index in [1.165, 1.54) is 6.07 Å². The van der Waals surface area contributed by atoms with Crippen molar-refractivity contribution in [1.29, 1.82) is 0 Å². The molecule has 3 heterocycles. The van der Waals surface area contributed by atoms with E-state index >= 15 is 0 Å². The predicted molar refractivity (Wildman–Crippen MR) is 123 cm³/mol. The van der Waals surface area contributed by atoms with Gasteiger partial charge in [-0.1, -0.05) is 0 Å². The van der Waals surface area contributed by atoms with Gasteiger partial charge in [-0.25, -0.2) is 0 Å². The van der Waals surface area contributed by atoms with Crippen molar-refractivity contribution >= 4 is 41.4 Å². The van der Waals surface area contributed by atoms with Gasteiger partial charge in [0.1, 0.15) is 11.0 Å². The van der Waals surface area contributed by atoms with E-state index < -0.39 is 30.4 Å². The molecule has 0 bridgehead atoms. The molecule has 1 fully saturated rings. The number of pyridine rings is 1. The van der Waals surface area contributed by atoms with Crippen LogP contribution < -0.4 is 11.0 Å². The number of fused-ring (bicyclic) bond motifs is 1. The zero-order valence-corrected chi connectivity index (χ0v) is 21.0. The summed E-state index contributed by atoms with van der Waals surface area (Å²) < 4.78 is 84.6. The lowest BCUT2D eigenvalue weighted by molar-refractivity contribution is 0.0361. The number of H-pyrrole nitrogens is 2. The number of rotatable bonds is 3. The van der Waals surface area contributed by atoms with Crippen molar-refractivity contribution in [2.45, 2.75) is 6.54 Å². The number of nitrogens with one attached hydrogen (secondary N) is 2. The zero-order chi connectivity index (χ0) is 26.7. The average Bonchev–Trinajstić information content (AvgIpc) is 2.94. The van der Waals surface area contributed by atoms with Gasteiger partial charge in [0.2, 0.25) is 0 Å². The molecule has 2 aromatic heterocycles. The molecule has 2 aromatic rings. The minimum absolute atomic E-state index is 0.199. The number of aromatic amines is 2. The number of ether oxygens (including phenoxy) is 1. The van der Waals surface area contributed by atoms with Crippen LogP contribution in [-0.2, 0) is 41.6 Å². The Hall–Kier alpha value is -2.13. The summed E-state index contributed by atoms with van der Waals surface area (Å²) in [5.74, 6) is 0. The molecular weight excluding hydrogens is 524 g/mol. The second-order valence-electron chi connectivity index (χ2n) is 6.81. The van der Waals surface area contributed by atoms with Gasteiger partial charge in [-0.15, -0.1) is 0 Å². The summed E-state index contributed by atoms with van der Waals surface area (Å²) in [6, 6.07) is 1.36. The molecule has 0 aromatic carbocycles. The minimum Gasteiger partial charge on any atom is -0.379 e. The first-order chi connectivity index (χ1) is 15.3. The quantitative estimate of drug-likeness (QED) is 0.255. The number of morpholine rings is 1. The van der Waals surface area contributed by atoms with Crippen LogP contribution in [0.2, 0.25) is 0 Å². The van der Waals surface area contributed by atoms with E-state index in [4.69, 9.17) is 18.4 Å². The smallest absolute Gasteiger partial charge is 0.277 e. The van der Waals surface area contributed by atoms with Crippen molar-refractivity contribution in [2.24, 2.45) is 0 Å². The van der Waals surface area contributed by atoms with Crippen molar-refractivity contribution in [2.75, 3.05) is 51.6 Å². The Morgan fingerprint density at radius 3 is 1.76 bits per heavy atom. The fourth-order valence-electron chi connectivity index (χ4n) is 2.37. The molecule has 1 aliphatic heterocycles. The molecule has 0 aliphatic carbocycles. The molecule has 5 N–H and O–H groups in total. The van der Waals surface area contributed by atoms with Crippen LogP contribution in [-0.4, -0.2) is 110 Å². The average molecular weight is 553 g/mol. The number of aromatic nitrogens is 3. The summed E-state index contributed by atoms with van der Waals surface area (Å²) >= 11 is 0. The molecule has 1 aliphatic rings. The summed E-state index contributed by atoms with van der Waals surface area (Å²) in [5.41, 5.74) is -0.0234. The minimum atomic E-state index is -3.67. The normalized spacial score (nSPS) is 14.6. The fourth-order valence-corrected chi connectivity index (χ4v) is 2.37. The summed E-state index contributed by atoms with van der Waals surface area (Å²) in [6.45, 7) is 4.76. The van der Waals surface area contributed by atoms with Gasteiger partial charge < -0.3 is 9.72 Å². The largest absolute Gasteiger partial charge is 0.379 e. The van der Waals surface area contributed by atoms with Crippen molar-refractivity contribution in [3.63, 3.8) is 0 Å². The summed E-state index contributed by atoms with van der Waals surface area (Å²) in [7, 11) is -11.0. The molecule has 19 heteroatoms. The molecular formula is C15H28N4O12S3. The molecule has 34 heavy (non-hydrogen) atoms. The van der Waals surface area contributed by atoms with E-state index in [1.54, 1.807) is 10.9 Å². The van der Waals surface area contributed by atoms with Crippen LogP contribution in [0.25, 0.3) is 11.0 Å². The molecule has 0 saturated carbocycles. The van der Waals surface area contributed by atoms with Gasteiger partial charge in [-0.05, 0) is 0 Å². The Kier molecular flexibility index (Phi) is 12.8. The van der Waals surface area contributed by atoms with E-state index in [-0.39, 0.29) is 16.4 Å². The van der Waals surface area contributed by atoms with Gasteiger partial charge in [0.05, 0.1) is 38.5 Å². The van der Waals surface area contributed by atoms with Gasteiger partial charge in [0.15, 0.2) is 5.43 Å². The lowest BCUT2D eigenvalue weighted by Crippen LogP contribution is -2.38. The van der Waals surface area contributed by atoms with Crippen LogP contribution in [0, 0.1) is 0 Å². The van der Waals surface area contributed by atoms with Crippen LogP contribution in [0.3, 0.4) is 0 Å². The monoisotopic (exact) mass is 552 g/mol. The first kappa shape index (κ1) is 31.9. The molecule has 0 amide bonds. The molecule has 0 radical (unpaired) electrons. The Bertz CT molecular complexity index is 1240. The van der Waals surface area contributed by atoms with Crippen LogP contribution in [0.5, 0.6) is 0 Å². The Morgan fingerprint density at radius 2 is 1.32 bits per heavy atom. The summed E-state index contributed by atoms with van der Waals surface area (Å²) in [4.78, 5) is 28.6. The van der Waals surface area contributed by atoms with Gasteiger partial charge in [0.25, 0.3) is 35.9 Å². The van der Waals surface area contributed by atoms with Crippen LogP contribution in [0.4, 0.5) is 0 Å². The van der Waals surface area contributed by atoms with Crippen molar-refractivity contribution in [3.05, 3.63) is 32.8 Å². The molecule has 1 saturated heterocycles. The Morgan fingerprint density at radius 1 is 0.882 bits per heavy atom. The van der Waals surface area contributed by atoms with E-state index in [2.05, 4.69) is 15.0 Å². The lowest BCUT2D eigenvalue weighted by Gasteiger charge is -2.26. The summed E-state index contributed by atoms with van der Waals surface area (Å²) in [6.07, 6.45) is 3.70. The highest BCUT2D eigenvalue weighted by atomic mass is 32.2. The maximum Gasteiger partial charge on any atom is 0.277 e. The van der Waals surface area contributed by atoms with E-state index in [0.717, 1.165) is 32.8 Å². The molecule has 198 valence electrons. The maximum absolute atomic E-state index is 11.7. The maximum atomic E-state index is 11.7. The highest BCUT2D eigenvalue weighted by molar-refractivity contribution is 7.85. The van der Waals surface area contributed by atoms with E-state index in [1.807, 2.05) is 0 Å². The number of nitrogens with zero attached hydrogens (tertiary/aromatic N) is 2. The molecule has 0 spiro atoms. The highest BCUT2D eigenvalue weighted by Gasteiger charge is 2.13. The fraction of sp³-hybridized carbons (Fsp3) is 0.600. The van der Waals surface area contributed by atoms with Gasteiger partial charge in [-0.3, -0.25) is 37.9 Å². The summed E-state index contributed by atoms with van der Waals surface area (Å²) in [5, 5.41) is 2.90. The second-order valence-corrected chi connectivity index (χ2v) is 11.2. The molecule has 3 rings (SSSR count). The topological polar surface area (TPSA) is 246 Å². The third-order valence-electron chi connectivity index (χ3n) is 3.41. The Labute approximate surface area is 195 Å². The number of hydrogen-bond donors (Lipinski definition) is 5.